The first-order valence-corrected chi connectivity index (χ1v) is 11.1. The fraction of sp³-hybridized carbons (Fsp3) is 0.208. The highest BCUT2D eigenvalue weighted by Crippen LogP contribution is 2.19. The summed E-state index contributed by atoms with van der Waals surface area (Å²) in [4.78, 5) is 41.5. The lowest BCUT2D eigenvalue weighted by Crippen LogP contribution is -2.44. The van der Waals surface area contributed by atoms with Gasteiger partial charge in [-0.15, -0.1) is 0 Å². The smallest absolute Gasteiger partial charge is 0.324 e. The van der Waals surface area contributed by atoms with Crippen molar-refractivity contribution in [3.8, 4) is 0 Å². The second-order valence-electron chi connectivity index (χ2n) is 7.94. The number of aromatic nitrogens is 3. The number of anilines is 6. The first-order valence-electron chi connectivity index (χ1n) is 11.1. The summed E-state index contributed by atoms with van der Waals surface area (Å²) < 4.78 is 0. The topological polar surface area (TPSA) is 127 Å². The van der Waals surface area contributed by atoms with E-state index >= 15 is 0 Å². The number of benzene rings is 1. The molecular formula is C24H27N9O2. The first-order chi connectivity index (χ1) is 17.0. The highest BCUT2D eigenvalue weighted by atomic mass is 16.2. The van der Waals surface area contributed by atoms with Crippen LogP contribution in [0.4, 0.5) is 39.4 Å². The molecule has 0 atom stereocenters. The van der Waals surface area contributed by atoms with Crippen molar-refractivity contribution in [2.24, 2.45) is 0 Å². The van der Waals surface area contributed by atoms with Crippen LogP contribution >= 0.6 is 0 Å². The van der Waals surface area contributed by atoms with Gasteiger partial charge >= 0.3 is 6.03 Å². The summed E-state index contributed by atoms with van der Waals surface area (Å²) >= 11 is 0. The molecule has 1 aliphatic heterocycles. The average Bonchev–Trinajstić information content (AvgIpc) is 2.85. The van der Waals surface area contributed by atoms with Gasteiger partial charge in [0.2, 0.25) is 11.9 Å². The summed E-state index contributed by atoms with van der Waals surface area (Å²) in [6.07, 6.45) is 4.54. The summed E-state index contributed by atoms with van der Waals surface area (Å²) in [5.74, 6) is 0.876. The van der Waals surface area contributed by atoms with E-state index in [0.717, 1.165) is 31.9 Å². The van der Waals surface area contributed by atoms with Crippen LogP contribution in [0, 0.1) is 0 Å². The minimum Gasteiger partial charge on any atom is -0.368 e. The van der Waals surface area contributed by atoms with E-state index in [1.54, 1.807) is 30.3 Å². The molecular weight excluding hydrogens is 446 g/mol. The van der Waals surface area contributed by atoms with Crippen molar-refractivity contribution in [3.05, 3.63) is 67.5 Å². The second kappa shape index (κ2) is 11.1. The SMILES string of the molecule is C=CC(=O)Nc1cccc(NC(=O)Nc2ccnc(Nc3ccc(N4CCN(C)CC4)cn3)n2)c1. The lowest BCUT2D eigenvalue weighted by Gasteiger charge is -2.33. The average molecular weight is 474 g/mol. The molecule has 4 N–H and O–H groups in total. The largest absolute Gasteiger partial charge is 0.368 e. The number of amides is 3. The van der Waals surface area contributed by atoms with Gasteiger partial charge in [-0.05, 0) is 49.5 Å². The molecule has 3 heterocycles. The monoisotopic (exact) mass is 473 g/mol. The molecule has 4 rings (SSSR count). The zero-order valence-corrected chi connectivity index (χ0v) is 19.4. The van der Waals surface area contributed by atoms with E-state index in [1.807, 2.05) is 18.3 Å². The Morgan fingerprint density at radius 2 is 1.71 bits per heavy atom. The summed E-state index contributed by atoms with van der Waals surface area (Å²) in [6, 6.07) is 11.7. The Kier molecular flexibility index (Phi) is 7.48. The maximum absolute atomic E-state index is 12.4. The van der Waals surface area contributed by atoms with E-state index in [1.165, 1.54) is 12.3 Å². The molecule has 3 aromatic rings. The molecule has 0 saturated carbocycles. The number of pyridine rings is 1. The molecule has 1 saturated heterocycles. The molecule has 180 valence electrons. The van der Waals surface area contributed by atoms with Crippen molar-refractivity contribution in [2.45, 2.75) is 0 Å². The number of hydrogen-bond acceptors (Lipinski definition) is 8. The van der Waals surface area contributed by atoms with Crippen LogP contribution in [0.15, 0.2) is 67.5 Å². The van der Waals surface area contributed by atoms with E-state index in [0.29, 0.717) is 29.0 Å². The molecule has 0 aliphatic carbocycles. The number of nitrogens with one attached hydrogen (secondary N) is 4. The molecule has 2 aromatic heterocycles. The van der Waals surface area contributed by atoms with Gasteiger partial charge in [0.25, 0.3) is 0 Å². The van der Waals surface area contributed by atoms with Crippen LogP contribution in [0.1, 0.15) is 0 Å². The Labute approximate surface area is 203 Å². The molecule has 0 radical (unpaired) electrons. The molecule has 3 amide bonds. The summed E-state index contributed by atoms with van der Waals surface area (Å²) in [6.45, 7) is 7.41. The normalized spacial score (nSPS) is 13.6. The predicted octanol–water partition coefficient (Wildman–Crippen LogP) is 3.14. The molecule has 0 spiro atoms. The summed E-state index contributed by atoms with van der Waals surface area (Å²) in [7, 11) is 2.12. The molecule has 1 fully saturated rings. The Morgan fingerprint density at radius 1 is 0.943 bits per heavy atom. The number of urea groups is 1. The van der Waals surface area contributed by atoms with Crippen LogP contribution in [0.2, 0.25) is 0 Å². The number of hydrogen-bond donors (Lipinski definition) is 4. The van der Waals surface area contributed by atoms with Gasteiger partial charge in [-0.3, -0.25) is 10.1 Å². The Bertz CT molecular complexity index is 1190. The van der Waals surface area contributed by atoms with Crippen molar-refractivity contribution in [3.63, 3.8) is 0 Å². The van der Waals surface area contributed by atoms with Crippen molar-refractivity contribution < 1.29 is 9.59 Å². The van der Waals surface area contributed by atoms with Gasteiger partial charge in [0.15, 0.2) is 0 Å². The van der Waals surface area contributed by atoms with Crippen LogP contribution in [0.3, 0.4) is 0 Å². The van der Waals surface area contributed by atoms with Gasteiger partial charge in [-0.2, -0.15) is 4.98 Å². The minimum absolute atomic E-state index is 0.303. The number of likely N-dealkylation sites (N-methyl/N-ethyl adjacent to an activating group) is 1. The van der Waals surface area contributed by atoms with Crippen LogP contribution in [-0.2, 0) is 4.79 Å². The van der Waals surface area contributed by atoms with E-state index < -0.39 is 6.03 Å². The third kappa shape index (κ3) is 6.74. The molecule has 35 heavy (non-hydrogen) atoms. The number of carbonyl (C=O) groups is 2. The van der Waals surface area contributed by atoms with Crippen molar-refractivity contribution >= 4 is 46.6 Å². The Balaban J connectivity index is 1.33. The Hall–Kier alpha value is -4.51. The summed E-state index contributed by atoms with van der Waals surface area (Å²) in [5, 5.41) is 11.1. The highest BCUT2D eigenvalue weighted by molar-refractivity contribution is 6.01. The van der Waals surface area contributed by atoms with E-state index in [-0.39, 0.29) is 5.91 Å². The van der Waals surface area contributed by atoms with Gasteiger partial charge in [0, 0.05) is 43.8 Å². The molecule has 11 nitrogen and oxygen atoms in total. The number of nitrogens with zero attached hydrogens (tertiary/aromatic N) is 5. The van der Waals surface area contributed by atoms with E-state index in [9.17, 15) is 9.59 Å². The molecule has 1 aromatic carbocycles. The zero-order chi connectivity index (χ0) is 24.6. The lowest BCUT2D eigenvalue weighted by molar-refractivity contribution is -0.111. The minimum atomic E-state index is -0.489. The predicted molar refractivity (Wildman–Crippen MR) is 137 cm³/mol. The number of piperazine rings is 1. The van der Waals surface area contributed by atoms with Gasteiger partial charge in [0.05, 0.1) is 11.9 Å². The number of carbonyl (C=O) groups excluding carboxylic acids is 2. The first kappa shape index (κ1) is 23.6. The molecule has 0 unspecified atom stereocenters. The van der Waals surface area contributed by atoms with Crippen LogP contribution in [-0.4, -0.2) is 65.0 Å². The number of rotatable bonds is 7. The fourth-order valence-electron chi connectivity index (χ4n) is 3.46. The van der Waals surface area contributed by atoms with E-state index in [2.05, 4.69) is 59.6 Å². The maximum Gasteiger partial charge on any atom is 0.324 e. The zero-order valence-electron chi connectivity index (χ0n) is 19.4. The second-order valence-corrected chi connectivity index (χ2v) is 7.94. The lowest BCUT2D eigenvalue weighted by atomic mass is 10.2. The highest BCUT2D eigenvalue weighted by Gasteiger charge is 2.14. The Morgan fingerprint density at radius 3 is 2.43 bits per heavy atom. The molecule has 1 aliphatic rings. The third-order valence-corrected chi connectivity index (χ3v) is 5.33. The van der Waals surface area contributed by atoms with Crippen molar-refractivity contribution in [2.75, 3.05) is 59.4 Å². The molecule has 11 heteroatoms. The van der Waals surface area contributed by atoms with Crippen LogP contribution < -0.4 is 26.2 Å². The van der Waals surface area contributed by atoms with Gasteiger partial charge in [-0.25, -0.2) is 14.8 Å². The van der Waals surface area contributed by atoms with Gasteiger partial charge in [0.1, 0.15) is 11.6 Å². The van der Waals surface area contributed by atoms with Gasteiger partial charge < -0.3 is 25.8 Å². The quantitative estimate of drug-likeness (QED) is 0.386. The van der Waals surface area contributed by atoms with E-state index in [4.69, 9.17) is 0 Å². The third-order valence-electron chi connectivity index (χ3n) is 5.33. The van der Waals surface area contributed by atoms with Crippen LogP contribution in [0.25, 0.3) is 0 Å². The maximum atomic E-state index is 12.4. The van der Waals surface area contributed by atoms with Crippen molar-refractivity contribution in [1.29, 1.82) is 0 Å². The molecule has 0 bridgehead atoms. The summed E-state index contributed by atoms with van der Waals surface area (Å²) in [5.41, 5.74) is 2.11. The standard InChI is InChI=1S/C24H27N9O2/c1-3-22(34)27-17-5-4-6-18(15-17)28-24(35)31-21-9-10-25-23(30-21)29-20-8-7-19(16-26-20)33-13-11-32(2)12-14-33/h3-10,15-16H,1,11-14H2,2H3,(H,27,34)(H3,25,26,28,29,30,31,35). The van der Waals surface area contributed by atoms with Gasteiger partial charge in [-0.1, -0.05) is 12.6 Å². The van der Waals surface area contributed by atoms with Crippen LogP contribution in [0.5, 0.6) is 0 Å². The fourth-order valence-corrected chi connectivity index (χ4v) is 3.46. The van der Waals surface area contributed by atoms with Crippen molar-refractivity contribution in [1.82, 2.24) is 19.9 Å².